The molecular weight excluding hydrogens is 264 g/mol. The average Bonchev–Trinajstić information content (AvgIpc) is 2.50. The van der Waals surface area contributed by atoms with Gasteiger partial charge in [-0.25, -0.2) is 4.98 Å². The van der Waals surface area contributed by atoms with Crippen LogP contribution < -0.4 is 4.90 Å². The minimum Gasteiger partial charge on any atom is -0.505 e. The van der Waals surface area contributed by atoms with Crippen LogP contribution in [0.1, 0.15) is 6.42 Å². The summed E-state index contributed by atoms with van der Waals surface area (Å²) in [7, 11) is 0. The molecule has 0 unspecified atom stereocenters. The van der Waals surface area contributed by atoms with Crippen LogP contribution in [0.15, 0.2) is 16.7 Å². The predicted octanol–water partition coefficient (Wildman–Crippen LogP) is 0.647. The molecule has 0 bridgehead atoms. The van der Waals surface area contributed by atoms with Crippen LogP contribution in [0.5, 0.6) is 5.75 Å². The molecule has 0 spiro atoms. The molecule has 1 aliphatic rings. The minimum absolute atomic E-state index is 0.0194. The molecule has 1 amide bonds. The highest BCUT2D eigenvalue weighted by atomic mass is 79.9. The van der Waals surface area contributed by atoms with Gasteiger partial charge in [-0.1, -0.05) is 0 Å². The highest BCUT2D eigenvalue weighted by molar-refractivity contribution is 9.10. The fourth-order valence-corrected chi connectivity index (χ4v) is 1.79. The number of hydrogen-bond acceptors (Lipinski definition) is 4. The summed E-state index contributed by atoms with van der Waals surface area (Å²) in [6.45, 7) is 0.253. The first-order valence-electron chi connectivity index (χ1n) is 4.42. The number of hydrogen-bond donors (Lipinski definition) is 2. The first kappa shape index (κ1) is 10.4. The lowest BCUT2D eigenvalue weighted by atomic mass is 10.3. The van der Waals surface area contributed by atoms with E-state index in [1.807, 2.05) is 0 Å². The Balaban J connectivity index is 2.30. The van der Waals surface area contributed by atoms with Crippen molar-refractivity contribution in [1.82, 2.24) is 4.98 Å². The van der Waals surface area contributed by atoms with Gasteiger partial charge in [0.1, 0.15) is 16.2 Å². The maximum Gasteiger partial charge on any atom is 0.230 e. The van der Waals surface area contributed by atoms with Crippen molar-refractivity contribution < 1.29 is 15.0 Å². The summed E-state index contributed by atoms with van der Waals surface area (Å²) in [6.07, 6.45) is -0.507. The molecule has 1 aromatic rings. The van der Waals surface area contributed by atoms with Crippen LogP contribution in [0, 0.1) is 0 Å². The van der Waals surface area contributed by atoms with Crippen molar-refractivity contribution in [3.63, 3.8) is 0 Å². The summed E-state index contributed by atoms with van der Waals surface area (Å²) in [5, 5.41) is 18.5. The fourth-order valence-electron chi connectivity index (χ4n) is 1.48. The first-order chi connectivity index (χ1) is 7.08. The van der Waals surface area contributed by atoms with Gasteiger partial charge in [0.05, 0.1) is 19.1 Å². The van der Waals surface area contributed by atoms with Gasteiger partial charge in [0.15, 0.2) is 0 Å². The van der Waals surface area contributed by atoms with Gasteiger partial charge in [-0.2, -0.15) is 0 Å². The van der Waals surface area contributed by atoms with E-state index in [2.05, 4.69) is 20.9 Å². The Kier molecular flexibility index (Phi) is 2.62. The Morgan fingerprint density at radius 1 is 1.53 bits per heavy atom. The van der Waals surface area contributed by atoms with E-state index in [1.165, 1.54) is 17.0 Å². The van der Waals surface area contributed by atoms with Crippen LogP contribution in [0.4, 0.5) is 5.82 Å². The van der Waals surface area contributed by atoms with Crippen molar-refractivity contribution in [2.45, 2.75) is 12.5 Å². The summed E-state index contributed by atoms with van der Waals surface area (Å²) < 4.78 is 0.286. The quantitative estimate of drug-likeness (QED) is 0.737. The fraction of sp³-hybridized carbons (Fsp3) is 0.333. The summed E-state index contributed by atoms with van der Waals surface area (Å²) in [4.78, 5) is 16.8. The van der Waals surface area contributed by atoms with E-state index in [-0.39, 0.29) is 29.2 Å². The Labute approximate surface area is 94.5 Å². The van der Waals surface area contributed by atoms with Crippen molar-refractivity contribution in [3.8, 4) is 5.75 Å². The van der Waals surface area contributed by atoms with E-state index in [1.54, 1.807) is 0 Å². The molecule has 0 saturated carbocycles. The molecule has 0 aliphatic carbocycles. The van der Waals surface area contributed by atoms with Gasteiger partial charge >= 0.3 is 0 Å². The minimum atomic E-state index is -0.633. The van der Waals surface area contributed by atoms with Crippen LogP contribution in [0.25, 0.3) is 0 Å². The van der Waals surface area contributed by atoms with Crippen molar-refractivity contribution in [3.05, 3.63) is 16.7 Å². The van der Waals surface area contributed by atoms with Gasteiger partial charge in [0.25, 0.3) is 0 Å². The van der Waals surface area contributed by atoms with Crippen LogP contribution in [0.3, 0.4) is 0 Å². The molecule has 1 aromatic heterocycles. The Hall–Kier alpha value is -1.14. The summed E-state index contributed by atoms with van der Waals surface area (Å²) >= 11 is 3.07. The lowest BCUT2D eigenvalue weighted by Gasteiger charge is -2.14. The smallest absolute Gasteiger partial charge is 0.230 e. The molecule has 15 heavy (non-hydrogen) atoms. The van der Waals surface area contributed by atoms with Crippen LogP contribution in [-0.2, 0) is 4.79 Å². The second kappa shape index (κ2) is 3.79. The molecule has 1 aliphatic heterocycles. The summed E-state index contributed by atoms with van der Waals surface area (Å²) in [5.74, 6) is 0.291. The second-order valence-corrected chi connectivity index (χ2v) is 4.09. The number of halogens is 1. The maximum atomic E-state index is 11.4. The van der Waals surface area contributed by atoms with E-state index in [0.29, 0.717) is 5.82 Å². The van der Waals surface area contributed by atoms with Crippen LogP contribution >= 0.6 is 15.9 Å². The third kappa shape index (κ3) is 1.95. The monoisotopic (exact) mass is 272 g/mol. The van der Waals surface area contributed by atoms with Crippen LogP contribution in [-0.4, -0.2) is 33.8 Å². The number of aliphatic hydroxyl groups excluding tert-OH is 1. The number of nitrogens with zero attached hydrogens (tertiary/aromatic N) is 2. The second-order valence-electron chi connectivity index (χ2n) is 3.34. The summed E-state index contributed by atoms with van der Waals surface area (Å²) in [6, 6.07) is 2.99. The predicted molar refractivity (Wildman–Crippen MR) is 56.6 cm³/mol. The Bertz CT molecular complexity index is 410. The van der Waals surface area contributed by atoms with Crippen molar-refractivity contribution >= 4 is 27.7 Å². The standard InChI is InChI=1S/C9H9BrN2O3/c10-9-6(14)1-2-7(11-9)12-4-5(13)3-8(12)15/h1-2,5,13-14H,3-4H2/t5-/m1/s1. The largest absolute Gasteiger partial charge is 0.505 e. The molecule has 1 fully saturated rings. The molecule has 6 heteroatoms. The van der Waals surface area contributed by atoms with Gasteiger partial charge in [0.2, 0.25) is 5.91 Å². The molecule has 80 valence electrons. The number of aliphatic hydroxyl groups is 1. The topological polar surface area (TPSA) is 73.7 Å². The number of aromatic nitrogens is 1. The van der Waals surface area contributed by atoms with Crippen molar-refractivity contribution in [1.29, 1.82) is 0 Å². The van der Waals surface area contributed by atoms with Gasteiger partial charge in [-0.05, 0) is 28.1 Å². The van der Waals surface area contributed by atoms with E-state index in [9.17, 15) is 15.0 Å². The van der Waals surface area contributed by atoms with E-state index in [0.717, 1.165) is 0 Å². The Morgan fingerprint density at radius 2 is 2.27 bits per heavy atom. The normalized spacial score (nSPS) is 21.1. The zero-order valence-electron chi connectivity index (χ0n) is 7.72. The van der Waals surface area contributed by atoms with Gasteiger partial charge in [-0.3, -0.25) is 9.69 Å². The number of aromatic hydroxyl groups is 1. The SMILES string of the molecule is O=C1C[C@@H](O)CN1c1ccc(O)c(Br)n1. The third-order valence-electron chi connectivity index (χ3n) is 2.20. The molecule has 1 atom stereocenters. The van der Waals surface area contributed by atoms with Crippen LogP contribution in [0.2, 0.25) is 0 Å². The number of anilines is 1. The maximum absolute atomic E-state index is 11.4. The van der Waals surface area contributed by atoms with Crippen molar-refractivity contribution in [2.75, 3.05) is 11.4 Å². The molecule has 0 aromatic carbocycles. The van der Waals surface area contributed by atoms with E-state index >= 15 is 0 Å². The summed E-state index contributed by atoms with van der Waals surface area (Å²) in [5.41, 5.74) is 0. The van der Waals surface area contributed by atoms with Crippen molar-refractivity contribution in [2.24, 2.45) is 0 Å². The highest BCUT2D eigenvalue weighted by Gasteiger charge is 2.30. The molecule has 1 saturated heterocycles. The Morgan fingerprint density at radius 3 is 2.80 bits per heavy atom. The lowest BCUT2D eigenvalue weighted by molar-refractivity contribution is -0.117. The van der Waals surface area contributed by atoms with Gasteiger partial charge in [-0.15, -0.1) is 0 Å². The number of rotatable bonds is 1. The average molecular weight is 273 g/mol. The van der Waals surface area contributed by atoms with Gasteiger partial charge in [0, 0.05) is 0 Å². The highest BCUT2D eigenvalue weighted by Crippen LogP contribution is 2.26. The van der Waals surface area contributed by atoms with E-state index < -0.39 is 6.10 Å². The zero-order chi connectivity index (χ0) is 11.0. The number of amides is 1. The molecular formula is C9H9BrN2O3. The number of pyridine rings is 1. The number of carbonyl (C=O) groups is 1. The number of β-amino-alcohol motifs (C(OH)–C–C–N with tert-alkyl or cyclic N) is 1. The molecule has 5 nitrogen and oxygen atoms in total. The molecule has 2 rings (SSSR count). The lowest BCUT2D eigenvalue weighted by Crippen LogP contribution is -2.26. The molecule has 0 radical (unpaired) electrons. The molecule has 2 heterocycles. The first-order valence-corrected chi connectivity index (χ1v) is 5.21. The van der Waals surface area contributed by atoms with Gasteiger partial charge < -0.3 is 10.2 Å². The van der Waals surface area contributed by atoms with E-state index in [4.69, 9.17) is 0 Å². The third-order valence-corrected chi connectivity index (χ3v) is 2.78. The number of carbonyl (C=O) groups excluding carboxylic acids is 1. The zero-order valence-corrected chi connectivity index (χ0v) is 9.31. The molecule has 2 N–H and O–H groups in total.